The summed E-state index contributed by atoms with van der Waals surface area (Å²) in [5.74, 6) is 1.37. The lowest BCUT2D eigenvalue weighted by molar-refractivity contribution is 0.426. The molecule has 0 aromatic carbocycles. The quantitative estimate of drug-likeness (QED) is 0.742. The van der Waals surface area contributed by atoms with Crippen LogP contribution in [0.2, 0.25) is 0 Å². The van der Waals surface area contributed by atoms with E-state index in [-0.39, 0.29) is 5.88 Å². The summed E-state index contributed by atoms with van der Waals surface area (Å²) in [7, 11) is 0. The molecule has 2 aromatic heterocycles. The number of nitrogens with zero attached hydrogens (tertiary/aromatic N) is 2. The highest BCUT2D eigenvalue weighted by Gasteiger charge is 2.11. The van der Waals surface area contributed by atoms with Gasteiger partial charge >= 0.3 is 0 Å². The first-order valence-electron chi connectivity index (χ1n) is 4.16. The van der Waals surface area contributed by atoms with Crippen molar-refractivity contribution in [2.24, 2.45) is 0 Å². The number of alkyl halides is 1. The van der Waals surface area contributed by atoms with Crippen LogP contribution in [-0.2, 0) is 5.88 Å². The number of hydrogen-bond donors (Lipinski definition) is 0. The monoisotopic (exact) mass is 228 g/mol. The number of rotatable bonds is 2. The van der Waals surface area contributed by atoms with Crippen LogP contribution in [0.5, 0.6) is 0 Å². The molecule has 0 radical (unpaired) electrons. The average Bonchev–Trinajstić information content (AvgIpc) is 2.74. The maximum Gasteiger partial charge on any atom is 0.268 e. The summed E-state index contributed by atoms with van der Waals surface area (Å²) in [5.41, 5.74) is 1.25. The van der Waals surface area contributed by atoms with E-state index in [1.54, 1.807) is 11.3 Å². The highest BCUT2D eigenvalue weighted by atomic mass is 35.5. The number of thiophene rings is 1. The van der Waals surface area contributed by atoms with Crippen molar-refractivity contribution >= 4 is 22.9 Å². The van der Waals surface area contributed by atoms with Crippen LogP contribution < -0.4 is 0 Å². The molecule has 0 unspecified atom stereocenters. The van der Waals surface area contributed by atoms with Gasteiger partial charge in [-0.1, -0.05) is 5.16 Å². The van der Waals surface area contributed by atoms with Gasteiger partial charge in [0.15, 0.2) is 5.82 Å². The Morgan fingerprint density at radius 1 is 1.50 bits per heavy atom. The molecule has 5 heteroatoms. The first-order chi connectivity index (χ1) is 6.70. The summed E-state index contributed by atoms with van der Waals surface area (Å²) in [6.07, 6.45) is 0. The van der Waals surface area contributed by atoms with E-state index in [0.717, 1.165) is 4.88 Å². The van der Waals surface area contributed by atoms with E-state index in [1.165, 1.54) is 10.4 Å². The van der Waals surface area contributed by atoms with Gasteiger partial charge in [0.25, 0.3) is 5.89 Å². The van der Waals surface area contributed by atoms with Gasteiger partial charge in [0.1, 0.15) is 0 Å². The van der Waals surface area contributed by atoms with Crippen LogP contribution in [-0.4, -0.2) is 10.1 Å². The molecule has 74 valence electrons. The van der Waals surface area contributed by atoms with Gasteiger partial charge < -0.3 is 4.52 Å². The molecule has 2 heterocycles. The molecule has 0 amide bonds. The van der Waals surface area contributed by atoms with E-state index >= 15 is 0 Å². The van der Waals surface area contributed by atoms with Gasteiger partial charge in [0.2, 0.25) is 0 Å². The van der Waals surface area contributed by atoms with Crippen LogP contribution in [0, 0.1) is 13.8 Å². The third-order valence-corrected chi connectivity index (χ3v) is 3.34. The van der Waals surface area contributed by atoms with Gasteiger partial charge in [-0.05, 0) is 25.5 Å². The van der Waals surface area contributed by atoms with Crippen molar-refractivity contribution in [3.8, 4) is 10.8 Å². The van der Waals surface area contributed by atoms with Crippen LogP contribution in [0.15, 0.2) is 10.6 Å². The van der Waals surface area contributed by atoms with E-state index in [4.69, 9.17) is 16.1 Å². The molecule has 14 heavy (non-hydrogen) atoms. The van der Waals surface area contributed by atoms with Crippen LogP contribution in [0.3, 0.4) is 0 Å². The molecular weight excluding hydrogens is 220 g/mol. The van der Waals surface area contributed by atoms with Gasteiger partial charge in [-0.25, -0.2) is 0 Å². The fourth-order valence-corrected chi connectivity index (χ4v) is 2.15. The molecule has 2 aromatic rings. The van der Waals surface area contributed by atoms with Gasteiger partial charge in [0, 0.05) is 4.88 Å². The maximum absolute atomic E-state index is 5.58. The van der Waals surface area contributed by atoms with Crippen LogP contribution in [0.25, 0.3) is 10.8 Å². The second kappa shape index (κ2) is 3.71. The third-order valence-electron chi connectivity index (χ3n) is 1.96. The Hall–Kier alpha value is -0.870. The molecule has 2 rings (SSSR count). The van der Waals surface area contributed by atoms with Crippen molar-refractivity contribution in [3.63, 3.8) is 0 Å². The molecule has 0 aliphatic rings. The minimum atomic E-state index is 0.285. The minimum absolute atomic E-state index is 0.285. The molecule has 3 nitrogen and oxygen atoms in total. The number of aryl methyl sites for hydroxylation is 2. The molecule has 0 aliphatic heterocycles. The van der Waals surface area contributed by atoms with E-state index in [0.29, 0.717) is 11.7 Å². The Labute approximate surface area is 90.7 Å². The second-order valence-corrected chi connectivity index (χ2v) is 4.52. The van der Waals surface area contributed by atoms with Crippen molar-refractivity contribution in [1.29, 1.82) is 0 Å². The lowest BCUT2D eigenvalue weighted by Crippen LogP contribution is -1.78. The Bertz CT molecular complexity index is 430. The molecule has 0 saturated heterocycles. The Balaban J connectivity index is 2.39. The standard InChI is InChI=1S/C9H9ClN2OS/c1-5-3-7(14-6(5)2)9-11-8(4-10)12-13-9/h3H,4H2,1-2H3. The fourth-order valence-electron chi connectivity index (χ4n) is 1.09. The van der Waals surface area contributed by atoms with Crippen molar-refractivity contribution in [2.45, 2.75) is 19.7 Å². The first kappa shape index (κ1) is 9.68. The van der Waals surface area contributed by atoms with Crippen LogP contribution >= 0.6 is 22.9 Å². The van der Waals surface area contributed by atoms with Crippen molar-refractivity contribution in [2.75, 3.05) is 0 Å². The lowest BCUT2D eigenvalue weighted by Gasteiger charge is -1.82. The number of aromatic nitrogens is 2. The highest BCUT2D eigenvalue weighted by Crippen LogP contribution is 2.29. The van der Waals surface area contributed by atoms with Gasteiger partial charge in [0.05, 0.1) is 10.8 Å². The van der Waals surface area contributed by atoms with E-state index in [9.17, 15) is 0 Å². The van der Waals surface area contributed by atoms with E-state index < -0.39 is 0 Å². The van der Waals surface area contributed by atoms with E-state index in [2.05, 4.69) is 24.0 Å². The summed E-state index contributed by atoms with van der Waals surface area (Å²) in [5, 5.41) is 3.74. The van der Waals surface area contributed by atoms with Gasteiger partial charge in [-0.2, -0.15) is 4.98 Å². The summed E-state index contributed by atoms with van der Waals surface area (Å²) < 4.78 is 5.07. The zero-order chi connectivity index (χ0) is 10.1. The normalized spacial score (nSPS) is 10.8. The summed E-state index contributed by atoms with van der Waals surface area (Å²) >= 11 is 7.23. The Kier molecular flexibility index (Phi) is 2.56. The van der Waals surface area contributed by atoms with Gasteiger partial charge in [-0.3, -0.25) is 0 Å². The molecule has 0 aliphatic carbocycles. The predicted octanol–water partition coefficient (Wildman–Crippen LogP) is 3.15. The lowest BCUT2D eigenvalue weighted by atomic mass is 10.3. The van der Waals surface area contributed by atoms with Crippen LogP contribution in [0.1, 0.15) is 16.3 Å². The molecule has 0 bridgehead atoms. The number of halogens is 1. The second-order valence-electron chi connectivity index (χ2n) is 3.00. The summed E-state index contributed by atoms with van der Waals surface area (Å²) in [6.45, 7) is 4.14. The maximum atomic E-state index is 5.58. The fraction of sp³-hybridized carbons (Fsp3) is 0.333. The number of hydrogen-bond acceptors (Lipinski definition) is 4. The largest absolute Gasteiger partial charge is 0.333 e. The Morgan fingerprint density at radius 3 is 2.79 bits per heavy atom. The van der Waals surface area contributed by atoms with Gasteiger partial charge in [-0.15, -0.1) is 22.9 Å². The van der Waals surface area contributed by atoms with Crippen molar-refractivity contribution < 1.29 is 4.52 Å². The third kappa shape index (κ3) is 1.67. The van der Waals surface area contributed by atoms with Crippen molar-refractivity contribution in [3.05, 3.63) is 22.3 Å². The minimum Gasteiger partial charge on any atom is -0.333 e. The smallest absolute Gasteiger partial charge is 0.268 e. The van der Waals surface area contributed by atoms with E-state index in [1.807, 2.05) is 6.07 Å². The zero-order valence-electron chi connectivity index (χ0n) is 7.87. The summed E-state index contributed by atoms with van der Waals surface area (Å²) in [4.78, 5) is 6.43. The highest BCUT2D eigenvalue weighted by molar-refractivity contribution is 7.15. The van der Waals surface area contributed by atoms with Crippen molar-refractivity contribution in [1.82, 2.24) is 10.1 Å². The van der Waals surface area contributed by atoms with Crippen LogP contribution in [0.4, 0.5) is 0 Å². The average molecular weight is 229 g/mol. The molecule has 0 spiro atoms. The predicted molar refractivity (Wildman–Crippen MR) is 56.6 cm³/mol. The molecule has 0 saturated carbocycles. The molecule has 0 N–H and O–H groups in total. The molecular formula is C9H9ClN2OS. The first-order valence-corrected chi connectivity index (χ1v) is 5.51. The zero-order valence-corrected chi connectivity index (χ0v) is 9.45. The SMILES string of the molecule is Cc1cc(-c2nc(CCl)no2)sc1C. The molecule has 0 atom stereocenters. The Morgan fingerprint density at radius 2 is 2.29 bits per heavy atom. The topological polar surface area (TPSA) is 38.9 Å². The molecule has 0 fully saturated rings. The summed E-state index contributed by atoms with van der Waals surface area (Å²) in [6, 6.07) is 2.05.